The van der Waals surface area contributed by atoms with Gasteiger partial charge in [0.2, 0.25) is 0 Å². The highest BCUT2D eigenvalue weighted by molar-refractivity contribution is 6.12. The first-order chi connectivity index (χ1) is 17.6. The van der Waals surface area contributed by atoms with Gasteiger partial charge in [-0.15, -0.1) is 0 Å². The van der Waals surface area contributed by atoms with Crippen molar-refractivity contribution < 1.29 is 0 Å². The molecule has 0 unspecified atom stereocenters. The molecule has 3 nitrogen and oxygen atoms in total. The van der Waals surface area contributed by atoms with Crippen LogP contribution in [0, 0.1) is 0 Å². The van der Waals surface area contributed by atoms with E-state index in [-0.39, 0.29) is 0 Å². The van der Waals surface area contributed by atoms with Gasteiger partial charge in [-0.25, -0.2) is 4.98 Å². The molecule has 178 valence electrons. The van der Waals surface area contributed by atoms with Crippen LogP contribution in [-0.2, 0) is 0 Å². The Morgan fingerprint density at radius 2 is 1.36 bits per heavy atom. The summed E-state index contributed by atoms with van der Waals surface area (Å²) in [5.41, 5.74) is 8.78. The molecule has 36 heavy (non-hydrogen) atoms. The van der Waals surface area contributed by atoms with Crippen molar-refractivity contribution >= 4 is 21.8 Å². The Labute approximate surface area is 212 Å². The molecule has 0 radical (unpaired) electrons. The minimum absolute atomic E-state index is 0.322. The van der Waals surface area contributed by atoms with Gasteiger partial charge >= 0.3 is 0 Å². The van der Waals surface area contributed by atoms with Gasteiger partial charge in [-0.05, 0) is 47.2 Å². The lowest BCUT2D eigenvalue weighted by Gasteiger charge is -2.24. The van der Waals surface area contributed by atoms with Gasteiger partial charge in [-0.2, -0.15) is 0 Å². The fraction of sp³-hybridized carbons (Fsp3) is 0.182. The smallest absolute Gasteiger partial charge is 0.144 e. The molecule has 0 amide bonds. The molecule has 6 aromatic rings. The van der Waals surface area contributed by atoms with Gasteiger partial charge < -0.3 is 4.57 Å². The molecule has 0 aliphatic carbocycles. The first kappa shape index (κ1) is 22.4. The van der Waals surface area contributed by atoms with Crippen molar-refractivity contribution in [2.45, 2.75) is 39.5 Å². The summed E-state index contributed by atoms with van der Waals surface area (Å²) in [5, 5.41) is 2.62. The van der Waals surface area contributed by atoms with E-state index in [0.717, 1.165) is 11.4 Å². The molecular weight excluding hydrogens is 438 g/mol. The van der Waals surface area contributed by atoms with Gasteiger partial charge in [0.15, 0.2) is 0 Å². The van der Waals surface area contributed by atoms with Crippen LogP contribution < -0.4 is 0 Å². The maximum atomic E-state index is 4.82. The largest absolute Gasteiger partial charge is 0.309 e. The van der Waals surface area contributed by atoms with Crippen LogP contribution in [0.2, 0.25) is 0 Å². The predicted octanol–water partition coefficient (Wildman–Crippen LogP) is 8.88. The van der Waals surface area contributed by atoms with Crippen LogP contribution in [-0.4, -0.2) is 14.1 Å². The summed E-state index contributed by atoms with van der Waals surface area (Å²) in [5.74, 6) is 1.64. The van der Waals surface area contributed by atoms with E-state index in [1.54, 1.807) is 0 Å². The standard InChI is InChI=1S/C33H31N3/c1-22(2)27-21-29-31(26-17-11-12-18-28(26)36(29)25-15-9-6-10-16-25)30(23(3)4)32(27)35-20-19-34-33(35)24-13-7-5-8-14-24/h5-23H,1-4H3. The lowest BCUT2D eigenvalue weighted by molar-refractivity contribution is 0.814. The molecule has 0 saturated carbocycles. The van der Waals surface area contributed by atoms with E-state index in [1.807, 2.05) is 6.20 Å². The molecule has 0 saturated heterocycles. The van der Waals surface area contributed by atoms with Crippen LogP contribution in [0.4, 0.5) is 0 Å². The Bertz CT molecular complexity index is 1670. The third-order valence-corrected chi connectivity index (χ3v) is 7.13. The van der Waals surface area contributed by atoms with Crippen molar-refractivity contribution in [2.24, 2.45) is 0 Å². The summed E-state index contributed by atoms with van der Waals surface area (Å²) in [6.45, 7) is 9.22. The summed E-state index contributed by atoms with van der Waals surface area (Å²) in [6.07, 6.45) is 4.05. The Morgan fingerprint density at radius 1 is 0.694 bits per heavy atom. The number of rotatable bonds is 5. The molecule has 0 spiro atoms. The topological polar surface area (TPSA) is 22.8 Å². The number of imidazole rings is 1. The average molecular weight is 470 g/mol. The first-order valence-corrected chi connectivity index (χ1v) is 12.8. The predicted molar refractivity (Wildman–Crippen MR) is 152 cm³/mol. The minimum Gasteiger partial charge on any atom is -0.309 e. The zero-order valence-corrected chi connectivity index (χ0v) is 21.3. The van der Waals surface area contributed by atoms with E-state index < -0.39 is 0 Å². The number of hydrogen-bond acceptors (Lipinski definition) is 1. The SMILES string of the molecule is CC(C)c1cc2c(c(C(C)C)c1-n1ccnc1-c1ccccc1)c1ccccc1n2-c1ccccc1. The van der Waals surface area contributed by atoms with Gasteiger partial charge in [0, 0.05) is 34.4 Å². The Morgan fingerprint density at radius 3 is 2.06 bits per heavy atom. The van der Waals surface area contributed by atoms with Crippen LogP contribution in [0.15, 0.2) is 103 Å². The number of nitrogens with zero attached hydrogens (tertiary/aromatic N) is 3. The summed E-state index contributed by atoms with van der Waals surface area (Å²) >= 11 is 0. The second-order valence-corrected chi connectivity index (χ2v) is 10.1. The highest BCUT2D eigenvalue weighted by Gasteiger charge is 2.25. The molecule has 0 fully saturated rings. The van der Waals surface area contributed by atoms with Gasteiger partial charge in [-0.3, -0.25) is 4.57 Å². The monoisotopic (exact) mass is 469 g/mol. The molecular formula is C33H31N3. The van der Waals surface area contributed by atoms with Crippen molar-refractivity contribution in [3.63, 3.8) is 0 Å². The van der Waals surface area contributed by atoms with Crippen LogP contribution in [0.3, 0.4) is 0 Å². The van der Waals surface area contributed by atoms with Gasteiger partial charge in [0.1, 0.15) is 5.82 Å². The molecule has 0 atom stereocenters. The van der Waals surface area contributed by atoms with E-state index in [2.05, 4.69) is 134 Å². The Kier molecular flexibility index (Phi) is 5.49. The summed E-state index contributed by atoms with van der Waals surface area (Å²) in [4.78, 5) is 4.82. The summed E-state index contributed by atoms with van der Waals surface area (Å²) in [7, 11) is 0. The van der Waals surface area contributed by atoms with Crippen molar-refractivity contribution in [2.75, 3.05) is 0 Å². The first-order valence-electron chi connectivity index (χ1n) is 12.8. The van der Waals surface area contributed by atoms with E-state index in [1.165, 1.54) is 44.3 Å². The van der Waals surface area contributed by atoms with Crippen molar-refractivity contribution in [3.05, 3.63) is 115 Å². The molecule has 0 aliphatic heterocycles. The van der Waals surface area contributed by atoms with Gasteiger partial charge in [0.05, 0.1) is 16.7 Å². The second kappa shape index (κ2) is 8.83. The van der Waals surface area contributed by atoms with Crippen LogP contribution in [0.25, 0.3) is 44.6 Å². The number of fused-ring (bicyclic) bond motifs is 3. The third-order valence-electron chi connectivity index (χ3n) is 7.13. The molecule has 2 aromatic heterocycles. The van der Waals surface area contributed by atoms with Crippen LogP contribution in [0.5, 0.6) is 0 Å². The van der Waals surface area contributed by atoms with E-state index in [4.69, 9.17) is 4.98 Å². The fourth-order valence-electron chi connectivity index (χ4n) is 5.58. The van der Waals surface area contributed by atoms with Gasteiger partial charge in [0.25, 0.3) is 0 Å². The minimum atomic E-state index is 0.322. The normalized spacial score (nSPS) is 11.8. The quantitative estimate of drug-likeness (QED) is 0.247. The third kappa shape index (κ3) is 3.46. The maximum Gasteiger partial charge on any atom is 0.144 e. The number of hydrogen-bond donors (Lipinski definition) is 0. The van der Waals surface area contributed by atoms with Crippen molar-refractivity contribution in [1.29, 1.82) is 0 Å². The molecule has 3 heteroatoms. The summed E-state index contributed by atoms with van der Waals surface area (Å²) < 4.78 is 4.74. The molecule has 4 aromatic carbocycles. The molecule has 0 bridgehead atoms. The number of aromatic nitrogens is 3. The van der Waals surface area contributed by atoms with Gasteiger partial charge in [-0.1, -0.05) is 94.4 Å². The highest BCUT2D eigenvalue weighted by atomic mass is 15.1. The molecule has 2 heterocycles. The second-order valence-electron chi connectivity index (χ2n) is 10.1. The Hall–Kier alpha value is -4.11. The van der Waals surface area contributed by atoms with Crippen molar-refractivity contribution in [1.82, 2.24) is 14.1 Å². The van der Waals surface area contributed by atoms with Crippen LogP contribution in [0.1, 0.15) is 50.7 Å². The molecule has 0 N–H and O–H groups in total. The van der Waals surface area contributed by atoms with Crippen LogP contribution >= 0.6 is 0 Å². The maximum absolute atomic E-state index is 4.82. The lowest BCUT2D eigenvalue weighted by atomic mass is 9.88. The van der Waals surface area contributed by atoms with E-state index in [0.29, 0.717) is 11.8 Å². The fourth-order valence-corrected chi connectivity index (χ4v) is 5.58. The number of para-hydroxylation sites is 2. The molecule has 0 aliphatic rings. The molecule has 6 rings (SSSR count). The zero-order chi connectivity index (χ0) is 24.8. The van der Waals surface area contributed by atoms with Crippen molar-refractivity contribution in [3.8, 4) is 22.8 Å². The summed E-state index contributed by atoms with van der Waals surface area (Å²) in [6, 6.07) is 32.5. The average Bonchev–Trinajstić information content (AvgIpc) is 3.51. The highest BCUT2D eigenvalue weighted by Crippen LogP contribution is 2.44. The number of benzene rings is 4. The lowest BCUT2D eigenvalue weighted by Crippen LogP contribution is -2.09. The zero-order valence-electron chi connectivity index (χ0n) is 21.3. The Balaban J connectivity index is 1.80. The van der Waals surface area contributed by atoms with E-state index in [9.17, 15) is 0 Å². The van der Waals surface area contributed by atoms with E-state index >= 15 is 0 Å².